The summed E-state index contributed by atoms with van der Waals surface area (Å²) in [7, 11) is 0. The number of benzene rings is 1. The van der Waals surface area contributed by atoms with Crippen LogP contribution in [0.3, 0.4) is 0 Å². The maximum absolute atomic E-state index is 12.4. The minimum Gasteiger partial charge on any atom is -0.462 e. The van der Waals surface area contributed by atoms with E-state index in [1.807, 2.05) is 6.92 Å². The first-order valence-corrected chi connectivity index (χ1v) is 6.40. The van der Waals surface area contributed by atoms with Crippen molar-refractivity contribution in [3.63, 3.8) is 0 Å². The van der Waals surface area contributed by atoms with Gasteiger partial charge in [-0.2, -0.15) is 0 Å². The third-order valence-corrected chi connectivity index (χ3v) is 2.83. The van der Waals surface area contributed by atoms with Crippen molar-refractivity contribution in [2.75, 3.05) is 6.61 Å². The Kier molecular flexibility index (Phi) is 4.00. The van der Waals surface area contributed by atoms with E-state index in [0.29, 0.717) is 23.2 Å². The van der Waals surface area contributed by atoms with E-state index in [1.54, 1.807) is 31.2 Å². The largest absolute Gasteiger partial charge is 0.462 e. The Labute approximate surface area is 111 Å². The van der Waals surface area contributed by atoms with Crippen molar-refractivity contribution in [1.29, 1.82) is 0 Å². The SMILES string of the molecule is CCCc1oc2ccccc2c(=O)c1C(=O)OCC. The fourth-order valence-electron chi connectivity index (χ4n) is 2.00. The van der Waals surface area contributed by atoms with Gasteiger partial charge in [0.1, 0.15) is 16.9 Å². The fourth-order valence-corrected chi connectivity index (χ4v) is 2.00. The first kappa shape index (κ1) is 13.3. The van der Waals surface area contributed by atoms with Crippen molar-refractivity contribution in [3.8, 4) is 0 Å². The lowest BCUT2D eigenvalue weighted by atomic mass is 10.1. The molecule has 0 amide bonds. The molecule has 0 radical (unpaired) electrons. The summed E-state index contributed by atoms with van der Waals surface area (Å²) in [5, 5.41) is 0.408. The number of para-hydroxylation sites is 1. The molecule has 0 fully saturated rings. The molecule has 0 aliphatic rings. The highest BCUT2D eigenvalue weighted by Crippen LogP contribution is 2.17. The lowest BCUT2D eigenvalue weighted by Gasteiger charge is -2.08. The number of rotatable bonds is 4. The number of hydrogen-bond donors (Lipinski definition) is 0. The summed E-state index contributed by atoms with van der Waals surface area (Å²) in [5.41, 5.74) is 0.218. The molecule has 0 atom stereocenters. The zero-order valence-electron chi connectivity index (χ0n) is 11.1. The van der Waals surface area contributed by atoms with Crippen LogP contribution in [0.2, 0.25) is 0 Å². The molecule has 1 heterocycles. The molecule has 100 valence electrons. The van der Waals surface area contributed by atoms with E-state index in [9.17, 15) is 9.59 Å². The maximum atomic E-state index is 12.4. The molecule has 1 aromatic carbocycles. The Hall–Kier alpha value is -2.10. The number of carbonyl (C=O) groups is 1. The zero-order valence-corrected chi connectivity index (χ0v) is 11.1. The van der Waals surface area contributed by atoms with E-state index in [0.717, 1.165) is 6.42 Å². The van der Waals surface area contributed by atoms with E-state index in [-0.39, 0.29) is 17.6 Å². The van der Waals surface area contributed by atoms with Crippen molar-refractivity contribution >= 4 is 16.9 Å². The molecule has 2 aromatic rings. The number of ether oxygens (including phenoxy) is 1. The van der Waals surface area contributed by atoms with Crippen molar-refractivity contribution in [2.24, 2.45) is 0 Å². The van der Waals surface area contributed by atoms with Gasteiger partial charge in [0.15, 0.2) is 0 Å². The highest BCUT2D eigenvalue weighted by Gasteiger charge is 2.21. The predicted octanol–water partition coefficient (Wildman–Crippen LogP) is 2.92. The molecule has 0 N–H and O–H groups in total. The number of carbonyl (C=O) groups excluding carboxylic acids is 1. The van der Waals surface area contributed by atoms with Gasteiger partial charge in [0.05, 0.1) is 12.0 Å². The smallest absolute Gasteiger partial charge is 0.345 e. The van der Waals surface area contributed by atoms with Gasteiger partial charge in [-0.15, -0.1) is 0 Å². The van der Waals surface area contributed by atoms with Crippen LogP contribution >= 0.6 is 0 Å². The van der Waals surface area contributed by atoms with Gasteiger partial charge in [-0.25, -0.2) is 4.79 Å². The summed E-state index contributed by atoms with van der Waals surface area (Å²) in [5.74, 6) is -0.199. The van der Waals surface area contributed by atoms with Crippen molar-refractivity contribution in [1.82, 2.24) is 0 Å². The van der Waals surface area contributed by atoms with Gasteiger partial charge in [-0.3, -0.25) is 4.79 Å². The first-order chi connectivity index (χ1) is 9.19. The van der Waals surface area contributed by atoms with Crippen LogP contribution in [0.4, 0.5) is 0 Å². The summed E-state index contributed by atoms with van der Waals surface area (Å²) >= 11 is 0. The van der Waals surface area contributed by atoms with Crippen LogP contribution in [0, 0.1) is 0 Å². The van der Waals surface area contributed by atoms with Crippen LogP contribution in [0.5, 0.6) is 0 Å². The fraction of sp³-hybridized carbons (Fsp3) is 0.333. The van der Waals surface area contributed by atoms with Crippen LogP contribution in [0.25, 0.3) is 11.0 Å². The Bertz CT molecular complexity index is 655. The van der Waals surface area contributed by atoms with Gasteiger partial charge in [0, 0.05) is 6.42 Å². The molecule has 0 spiro atoms. The summed E-state index contributed by atoms with van der Waals surface area (Å²) in [6, 6.07) is 6.92. The lowest BCUT2D eigenvalue weighted by molar-refractivity contribution is 0.0520. The average molecular weight is 260 g/mol. The third kappa shape index (κ3) is 2.52. The van der Waals surface area contributed by atoms with Crippen LogP contribution in [0.1, 0.15) is 36.4 Å². The Morgan fingerprint density at radius 2 is 2.00 bits per heavy atom. The predicted molar refractivity (Wildman–Crippen MR) is 72.4 cm³/mol. The summed E-state index contributed by atoms with van der Waals surface area (Å²) in [6.07, 6.45) is 1.32. The topological polar surface area (TPSA) is 56.5 Å². The van der Waals surface area contributed by atoms with E-state index >= 15 is 0 Å². The standard InChI is InChI=1S/C15H16O4/c1-3-7-12-13(15(17)18-4-2)14(16)10-8-5-6-9-11(10)19-12/h5-6,8-9H,3-4,7H2,1-2H3. The van der Waals surface area contributed by atoms with Crippen LogP contribution in [0.15, 0.2) is 33.5 Å². The molecule has 0 bridgehead atoms. The number of hydrogen-bond acceptors (Lipinski definition) is 4. The molecule has 4 nitrogen and oxygen atoms in total. The Morgan fingerprint density at radius 3 is 2.68 bits per heavy atom. The molecule has 0 saturated carbocycles. The van der Waals surface area contributed by atoms with Gasteiger partial charge in [-0.1, -0.05) is 19.1 Å². The monoisotopic (exact) mass is 260 g/mol. The summed E-state index contributed by atoms with van der Waals surface area (Å²) < 4.78 is 10.6. The van der Waals surface area contributed by atoms with Crippen molar-refractivity contribution < 1.29 is 13.9 Å². The van der Waals surface area contributed by atoms with E-state index in [2.05, 4.69) is 0 Å². The Morgan fingerprint density at radius 1 is 1.26 bits per heavy atom. The molecule has 0 aliphatic carbocycles. The molecular weight excluding hydrogens is 244 g/mol. The van der Waals surface area contributed by atoms with Gasteiger partial charge >= 0.3 is 5.97 Å². The number of esters is 1. The van der Waals surface area contributed by atoms with Crippen molar-refractivity contribution in [3.05, 3.63) is 45.8 Å². The lowest BCUT2D eigenvalue weighted by Crippen LogP contribution is -2.20. The molecule has 2 rings (SSSR count). The zero-order chi connectivity index (χ0) is 13.8. The number of fused-ring (bicyclic) bond motifs is 1. The second kappa shape index (κ2) is 5.69. The quantitative estimate of drug-likeness (QED) is 0.793. The van der Waals surface area contributed by atoms with Gasteiger partial charge in [0.25, 0.3) is 0 Å². The molecule has 19 heavy (non-hydrogen) atoms. The highest BCUT2D eigenvalue weighted by molar-refractivity contribution is 5.94. The maximum Gasteiger partial charge on any atom is 0.345 e. The first-order valence-electron chi connectivity index (χ1n) is 6.40. The molecular formula is C15H16O4. The summed E-state index contributed by atoms with van der Waals surface area (Å²) in [4.78, 5) is 24.3. The molecule has 1 aromatic heterocycles. The van der Waals surface area contributed by atoms with E-state index in [1.165, 1.54) is 0 Å². The highest BCUT2D eigenvalue weighted by atomic mass is 16.5. The van der Waals surface area contributed by atoms with Gasteiger partial charge in [0.2, 0.25) is 5.43 Å². The van der Waals surface area contributed by atoms with E-state index < -0.39 is 5.97 Å². The minimum absolute atomic E-state index is 0.0300. The van der Waals surface area contributed by atoms with Gasteiger partial charge < -0.3 is 9.15 Å². The van der Waals surface area contributed by atoms with Crippen LogP contribution < -0.4 is 5.43 Å². The van der Waals surface area contributed by atoms with Gasteiger partial charge in [-0.05, 0) is 25.5 Å². The van der Waals surface area contributed by atoms with E-state index in [4.69, 9.17) is 9.15 Å². The van der Waals surface area contributed by atoms with Crippen LogP contribution in [-0.2, 0) is 11.2 Å². The molecule has 0 saturated heterocycles. The second-order valence-electron chi connectivity index (χ2n) is 4.20. The minimum atomic E-state index is -0.606. The normalized spacial score (nSPS) is 10.6. The average Bonchev–Trinajstić information content (AvgIpc) is 2.39. The third-order valence-electron chi connectivity index (χ3n) is 2.83. The molecule has 0 aliphatic heterocycles. The second-order valence-corrected chi connectivity index (χ2v) is 4.20. The summed E-state index contributed by atoms with van der Waals surface area (Å²) in [6.45, 7) is 3.90. The Balaban J connectivity index is 2.71. The van der Waals surface area contributed by atoms with Crippen LogP contribution in [-0.4, -0.2) is 12.6 Å². The molecule has 4 heteroatoms. The number of aryl methyl sites for hydroxylation is 1. The molecule has 0 unspecified atom stereocenters. The van der Waals surface area contributed by atoms with Crippen molar-refractivity contribution in [2.45, 2.75) is 26.7 Å².